The van der Waals surface area contributed by atoms with E-state index >= 15 is 0 Å². The van der Waals surface area contributed by atoms with Gasteiger partial charge in [0.15, 0.2) is 12.6 Å². The summed E-state index contributed by atoms with van der Waals surface area (Å²) in [7, 11) is 0.899. The number of carbonyl (C=O) groups is 2. The van der Waals surface area contributed by atoms with Gasteiger partial charge in [-0.3, -0.25) is 9.69 Å². The number of halogens is 1. The van der Waals surface area contributed by atoms with Crippen molar-refractivity contribution in [3.05, 3.63) is 29.3 Å². The monoisotopic (exact) mass is 1010 g/mol. The minimum atomic E-state index is -4.28. The number of urea groups is 1. The predicted octanol–water partition coefficient (Wildman–Crippen LogP) is 3.00. The predicted molar refractivity (Wildman–Crippen MR) is 253 cm³/mol. The molecule has 3 heterocycles. The van der Waals surface area contributed by atoms with E-state index in [9.17, 15) is 43.5 Å². The molecule has 0 spiro atoms. The number of sulfonamides is 1. The van der Waals surface area contributed by atoms with E-state index in [1.54, 1.807) is 54.5 Å². The van der Waals surface area contributed by atoms with Crippen molar-refractivity contribution >= 4 is 33.6 Å². The van der Waals surface area contributed by atoms with Crippen LogP contribution in [0.15, 0.2) is 29.2 Å². The number of likely N-dealkylation sites (N-methyl/N-ethyl adjacent to an activating group) is 1. The van der Waals surface area contributed by atoms with E-state index in [1.807, 2.05) is 42.5 Å². The molecule has 7 N–H and O–H groups in total. The van der Waals surface area contributed by atoms with Crippen LogP contribution in [0.4, 0.5) is 4.79 Å². The van der Waals surface area contributed by atoms with Gasteiger partial charge in [-0.1, -0.05) is 44.5 Å². The Balaban J connectivity index is 1.73. The van der Waals surface area contributed by atoms with Crippen LogP contribution in [0, 0.1) is 17.8 Å². The number of aliphatic hydroxyl groups is 5. The Hall–Kier alpha value is -2.28. The highest BCUT2D eigenvalue weighted by Gasteiger charge is 2.53. The summed E-state index contributed by atoms with van der Waals surface area (Å²) in [6.07, 6.45) is -9.44. The first-order valence-corrected chi connectivity index (χ1v) is 25.7. The van der Waals surface area contributed by atoms with Gasteiger partial charge in [0.25, 0.3) is 10.0 Å². The van der Waals surface area contributed by atoms with Crippen molar-refractivity contribution in [2.24, 2.45) is 17.8 Å². The van der Waals surface area contributed by atoms with Crippen molar-refractivity contribution in [1.82, 2.24) is 19.8 Å². The summed E-state index contributed by atoms with van der Waals surface area (Å²) in [6.45, 7) is 17.5. The van der Waals surface area contributed by atoms with Crippen LogP contribution in [0.2, 0.25) is 5.02 Å². The van der Waals surface area contributed by atoms with Gasteiger partial charge in [-0.2, -0.15) is 0 Å². The zero-order chi connectivity index (χ0) is 51.3. The molecule has 0 saturated carbocycles. The van der Waals surface area contributed by atoms with Crippen molar-refractivity contribution in [3.63, 3.8) is 0 Å². The van der Waals surface area contributed by atoms with Crippen LogP contribution in [0.3, 0.4) is 0 Å². The minimum absolute atomic E-state index is 0.00957. The van der Waals surface area contributed by atoms with Gasteiger partial charge in [-0.25, -0.2) is 17.9 Å². The van der Waals surface area contributed by atoms with Crippen molar-refractivity contribution in [2.45, 2.75) is 197 Å². The zero-order valence-electron chi connectivity index (χ0n) is 42.1. The van der Waals surface area contributed by atoms with Crippen LogP contribution < -0.4 is 10.0 Å². The van der Waals surface area contributed by atoms with Gasteiger partial charge in [-0.05, 0) is 106 Å². The highest BCUT2D eigenvalue weighted by molar-refractivity contribution is 7.90. The zero-order valence-corrected chi connectivity index (χ0v) is 43.7. The summed E-state index contributed by atoms with van der Waals surface area (Å²) in [5, 5.41) is 62.3. The molecule has 392 valence electrons. The number of esters is 1. The first-order valence-electron chi connectivity index (χ1n) is 23.8. The maximum atomic E-state index is 14.5. The van der Waals surface area contributed by atoms with Gasteiger partial charge in [0, 0.05) is 51.2 Å². The Kier molecular flexibility index (Phi) is 20.5. The molecule has 0 bridgehead atoms. The number of hydrogen-bond acceptors (Lipinski definition) is 17. The maximum Gasteiger partial charge on any atom is 0.328 e. The van der Waals surface area contributed by atoms with E-state index in [1.165, 1.54) is 32.2 Å². The van der Waals surface area contributed by atoms with E-state index in [4.69, 9.17) is 40.0 Å². The van der Waals surface area contributed by atoms with Gasteiger partial charge in [0.2, 0.25) is 0 Å². The number of benzene rings is 1. The molecule has 3 aliphatic rings. The third-order valence-electron chi connectivity index (χ3n) is 14.3. The molecule has 18 atom stereocenters. The second-order valence-corrected chi connectivity index (χ2v) is 22.4. The summed E-state index contributed by atoms with van der Waals surface area (Å²) >= 11 is 6.07. The number of methoxy groups -OCH3 is 1. The second-order valence-electron chi connectivity index (χ2n) is 20.4. The molecular formula is C47H81ClN4O15S. The van der Waals surface area contributed by atoms with E-state index in [0.29, 0.717) is 6.42 Å². The van der Waals surface area contributed by atoms with E-state index in [-0.39, 0.29) is 73.3 Å². The summed E-state index contributed by atoms with van der Waals surface area (Å²) in [4.78, 5) is 30.9. The molecule has 0 aliphatic carbocycles. The molecule has 68 heavy (non-hydrogen) atoms. The summed E-state index contributed by atoms with van der Waals surface area (Å²) in [5.74, 6) is -3.11. The van der Waals surface area contributed by atoms with Crippen LogP contribution in [-0.4, -0.2) is 187 Å². The average Bonchev–Trinajstić information content (AvgIpc) is 3.25. The molecule has 19 nitrogen and oxygen atoms in total. The molecule has 0 unspecified atom stereocenters. The summed E-state index contributed by atoms with van der Waals surface area (Å²) in [6, 6.07) is 3.59. The smallest absolute Gasteiger partial charge is 0.328 e. The maximum absolute atomic E-state index is 14.5. The first kappa shape index (κ1) is 58.3. The lowest BCUT2D eigenvalue weighted by atomic mass is 9.77. The molecule has 2 amide bonds. The molecule has 1 aromatic carbocycles. The quantitative estimate of drug-likeness (QED) is 0.111. The Bertz CT molecular complexity index is 1920. The summed E-state index contributed by atoms with van der Waals surface area (Å²) < 4.78 is 65.6. The molecule has 3 fully saturated rings. The standard InChI is InChI=1S/C47H81ClN4O15S/c1-14-35-47(10,59)39(54)30(6)52(21-17-20-49-44(57)50-68(60,61)34-19-16-15-18-32(34)48)25-26(2)23-45(8,58)41(67-43-37(53)33(51(11)12)22-27(3)63-43)28(4)38(29(5)42(56)65-35)66-36-24-46(9,62-13)40(55)31(7)64-36/h15-16,18-19,26-31,33,35-41,43,53-55,58-59H,14,17,20-25H2,1-13H3,(H2,49,50,57)/t26-,27-,28+,29-,30-,31+,33+,35-,36+,37-,38+,39-,40+,41-,43+,45-,46-,47-/m1/s1. The van der Waals surface area contributed by atoms with Crippen molar-refractivity contribution in [3.8, 4) is 0 Å². The normalized spacial score (nSPS) is 40.8. The second kappa shape index (κ2) is 24.0. The number of nitrogens with one attached hydrogen (secondary N) is 2. The third-order valence-corrected chi connectivity index (χ3v) is 16.1. The van der Waals surface area contributed by atoms with Gasteiger partial charge in [0.05, 0.1) is 46.6 Å². The van der Waals surface area contributed by atoms with Crippen LogP contribution in [0.5, 0.6) is 0 Å². The molecule has 0 aromatic heterocycles. The van der Waals surface area contributed by atoms with Crippen molar-refractivity contribution in [2.75, 3.05) is 40.8 Å². The number of cyclic esters (lactones) is 1. The Morgan fingerprint density at radius 2 is 1.63 bits per heavy atom. The highest BCUT2D eigenvalue weighted by atomic mass is 35.5. The van der Waals surface area contributed by atoms with Gasteiger partial charge < -0.3 is 64.2 Å². The minimum Gasteiger partial charge on any atom is -0.459 e. The van der Waals surface area contributed by atoms with Gasteiger partial charge in [0.1, 0.15) is 34.9 Å². The topological polar surface area (TPSA) is 255 Å². The number of aliphatic hydroxyl groups excluding tert-OH is 3. The molecule has 3 aliphatic heterocycles. The Morgan fingerprint density at radius 1 is 0.985 bits per heavy atom. The fourth-order valence-electron chi connectivity index (χ4n) is 10.3. The molecular weight excluding hydrogens is 928 g/mol. The number of rotatable bonds is 13. The molecule has 3 saturated heterocycles. The average molecular weight is 1010 g/mol. The third kappa shape index (κ3) is 14.0. The Labute approximate surface area is 408 Å². The molecule has 21 heteroatoms. The van der Waals surface area contributed by atoms with Crippen molar-refractivity contribution < 1.29 is 72.0 Å². The van der Waals surface area contributed by atoms with Crippen LogP contribution in [0.25, 0.3) is 0 Å². The molecule has 1 aromatic rings. The highest BCUT2D eigenvalue weighted by Crippen LogP contribution is 2.40. The SMILES string of the molecule is CC[C@H]1OC(=O)[C@H](C)[C@@H](O[C@H]2C[C@@](C)(OC)[C@@H](O)[C@H](C)O2)[C@H](C)[C@@H](O[C@@H]2O[C@H](C)C[C@H](N(C)C)[C@H]2O)[C@](C)(O)C[C@@H](C)CN(CCCNC(=O)NS(=O)(=O)c2ccccc2Cl)[C@H](C)[C@@H](O)[C@]1(C)O. The fourth-order valence-corrected chi connectivity index (χ4v) is 11.7. The van der Waals surface area contributed by atoms with E-state index < -0.39 is 112 Å². The number of nitrogens with zero attached hydrogens (tertiary/aromatic N) is 2. The van der Waals surface area contributed by atoms with Crippen LogP contribution >= 0.6 is 11.6 Å². The lowest BCUT2D eigenvalue weighted by molar-refractivity contribution is -0.318. The number of amides is 2. The summed E-state index contributed by atoms with van der Waals surface area (Å²) in [5.41, 5.74) is -4.81. The first-order chi connectivity index (χ1) is 31.5. The van der Waals surface area contributed by atoms with Gasteiger partial charge in [-0.15, -0.1) is 0 Å². The number of carbonyl (C=O) groups excluding carboxylic acids is 2. The van der Waals surface area contributed by atoms with Crippen molar-refractivity contribution in [1.29, 1.82) is 0 Å². The van der Waals surface area contributed by atoms with Crippen LogP contribution in [0.1, 0.15) is 101 Å². The van der Waals surface area contributed by atoms with E-state index in [0.717, 1.165) is 0 Å². The lowest BCUT2D eigenvalue weighted by Crippen LogP contribution is -2.60. The number of hydrogen-bond donors (Lipinski definition) is 7. The van der Waals surface area contributed by atoms with Crippen LogP contribution in [-0.2, 0) is 43.2 Å². The molecule has 0 radical (unpaired) electrons. The van der Waals surface area contributed by atoms with Gasteiger partial charge >= 0.3 is 12.0 Å². The molecule has 4 rings (SSSR count). The largest absolute Gasteiger partial charge is 0.459 e. The lowest BCUT2D eigenvalue weighted by Gasteiger charge is -2.48. The van der Waals surface area contributed by atoms with E-state index in [2.05, 4.69) is 5.32 Å². The fraction of sp³-hybridized carbons (Fsp3) is 0.830. The Morgan fingerprint density at radius 3 is 2.24 bits per heavy atom. The number of ether oxygens (including phenoxy) is 6.